The van der Waals surface area contributed by atoms with Gasteiger partial charge in [-0.3, -0.25) is 0 Å². The van der Waals surface area contributed by atoms with Crippen LogP contribution >= 0.6 is 11.6 Å². The third-order valence-corrected chi connectivity index (χ3v) is 3.46. The van der Waals surface area contributed by atoms with E-state index in [1.807, 2.05) is 49.4 Å². The highest BCUT2D eigenvalue weighted by Gasteiger charge is 2.08. The highest BCUT2D eigenvalue weighted by Crippen LogP contribution is 2.20. The summed E-state index contributed by atoms with van der Waals surface area (Å²) in [5.74, 6) is 1.57. The zero-order valence-corrected chi connectivity index (χ0v) is 12.9. The van der Waals surface area contributed by atoms with Crippen LogP contribution < -0.4 is 10.1 Å². The first kappa shape index (κ1) is 14.6. The van der Waals surface area contributed by atoms with E-state index in [1.54, 1.807) is 12.4 Å². The second-order valence-corrected chi connectivity index (χ2v) is 5.49. The lowest BCUT2D eigenvalue weighted by molar-refractivity contribution is 0.304. The third kappa shape index (κ3) is 3.46. The molecule has 1 aromatic heterocycles. The fourth-order valence-corrected chi connectivity index (χ4v) is 2.35. The van der Waals surface area contributed by atoms with E-state index in [9.17, 15) is 0 Å². The first-order valence-corrected chi connectivity index (χ1v) is 7.45. The topological polar surface area (TPSA) is 47.0 Å². The summed E-state index contributed by atoms with van der Waals surface area (Å²) in [7, 11) is 0. The summed E-state index contributed by atoms with van der Waals surface area (Å²) >= 11 is 5.94. The molecule has 0 saturated carbocycles. The lowest BCUT2D eigenvalue weighted by Crippen LogP contribution is -2.24. The number of benzene rings is 2. The molecule has 1 heterocycles. The quantitative estimate of drug-likeness (QED) is 0.768. The van der Waals surface area contributed by atoms with Crippen molar-refractivity contribution in [3.8, 4) is 5.75 Å². The van der Waals surface area contributed by atoms with Crippen molar-refractivity contribution in [2.24, 2.45) is 0 Å². The number of para-hydroxylation sites is 1. The van der Waals surface area contributed by atoms with Crippen molar-refractivity contribution in [2.45, 2.75) is 13.0 Å². The van der Waals surface area contributed by atoms with Gasteiger partial charge in [-0.05, 0) is 37.3 Å². The van der Waals surface area contributed by atoms with Crippen LogP contribution in [0.2, 0.25) is 5.02 Å². The molecule has 0 bridgehead atoms. The second-order valence-electron chi connectivity index (χ2n) is 5.05. The number of anilines is 1. The van der Waals surface area contributed by atoms with Crippen LogP contribution in [0.25, 0.3) is 10.9 Å². The van der Waals surface area contributed by atoms with Gasteiger partial charge in [0.15, 0.2) is 0 Å². The van der Waals surface area contributed by atoms with Crippen molar-refractivity contribution < 1.29 is 4.74 Å². The maximum atomic E-state index is 5.94. The molecule has 22 heavy (non-hydrogen) atoms. The number of nitrogens with zero attached hydrogens (tertiary/aromatic N) is 2. The second kappa shape index (κ2) is 6.62. The number of nitrogens with one attached hydrogen (secondary N) is 1. The normalized spacial score (nSPS) is 12.1. The van der Waals surface area contributed by atoms with E-state index >= 15 is 0 Å². The van der Waals surface area contributed by atoms with Crippen molar-refractivity contribution in [3.05, 3.63) is 59.9 Å². The van der Waals surface area contributed by atoms with Gasteiger partial charge >= 0.3 is 0 Å². The molecule has 0 radical (unpaired) electrons. The molecule has 1 unspecified atom stereocenters. The van der Waals surface area contributed by atoms with Crippen LogP contribution in [0.5, 0.6) is 5.75 Å². The monoisotopic (exact) mass is 313 g/mol. The summed E-state index contributed by atoms with van der Waals surface area (Å²) in [6.07, 6.45) is 1.56. The van der Waals surface area contributed by atoms with Gasteiger partial charge in [0.1, 0.15) is 24.5 Å². The molecule has 0 spiro atoms. The molecule has 0 amide bonds. The van der Waals surface area contributed by atoms with E-state index in [-0.39, 0.29) is 6.04 Å². The Morgan fingerprint density at radius 3 is 2.86 bits per heavy atom. The van der Waals surface area contributed by atoms with Crippen LogP contribution in [0, 0.1) is 0 Å². The van der Waals surface area contributed by atoms with Crippen LogP contribution in [0.1, 0.15) is 6.92 Å². The third-order valence-electron chi connectivity index (χ3n) is 3.22. The Kier molecular flexibility index (Phi) is 4.39. The maximum Gasteiger partial charge on any atom is 0.137 e. The predicted octanol–water partition coefficient (Wildman–Crippen LogP) is 4.16. The van der Waals surface area contributed by atoms with E-state index in [4.69, 9.17) is 16.3 Å². The Balaban J connectivity index is 1.67. The van der Waals surface area contributed by atoms with Gasteiger partial charge in [0, 0.05) is 10.4 Å². The fourth-order valence-electron chi connectivity index (χ4n) is 2.17. The average Bonchev–Trinajstić information content (AvgIpc) is 2.53. The van der Waals surface area contributed by atoms with E-state index in [1.165, 1.54) is 0 Å². The van der Waals surface area contributed by atoms with E-state index in [0.29, 0.717) is 11.6 Å². The minimum atomic E-state index is 0.0947. The van der Waals surface area contributed by atoms with E-state index in [2.05, 4.69) is 15.3 Å². The van der Waals surface area contributed by atoms with Crippen LogP contribution in [0.3, 0.4) is 0 Å². The minimum absolute atomic E-state index is 0.0947. The highest BCUT2D eigenvalue weighted by molar-refractivity contribution is 6.30. The van der Waals surface area contributed by atoms with Gasteiger partial charge in [-0.25, -0.2) is 9.97 Å². The molecule has 0 saturated heterocycles. The lowest BCUT2D eigenvalue weighted by Gasteiger charge is -2.16. The molecule has 4 nitrogen and oxygen atoms in total. The molecule has 0 aliphatic carbocycles. The highest BCUT2D eigenvalue weighted by atomic mass is 35.5. The molecule has 0 fully saturated rings. The Morgan fingerprint density at radius 2 is 2.00 bits per heavy atom. The van der Waals surface area contributed by atoms with Crippen molar-refractivity contribution in [1.82, 2.24) is 9.97 Å². The molecule has 112 valence electrons. The standard InChI is InChI=1S/C17H16ClN3O/c1-12(10-22-14-6-4-5-13(18)9-14)21-17-15-7-2-3-8-16(15)19-11-20-17/h2-9,11-12H,10H2,1H3,(H,19,20,21). The van der Waals surface area contributed by atoms with Gasteiger partial charge in [0.2, 0.25) is 0 Å². The molecule has 2 aromatic carbocycles. The molecule has 3 aromatic rings. The van der Waals surface area contributed by atoms with E-state index in [0.717, 1.165) is 22.5 Å². The minimum Gasteiger partial charge on any atom is -0.491 e. The van der Waals surface area contributed by atoms with Gasteiger partial charge in [-0.2, -0.15) is 0 Å². The first-order chi connectivity index (χ1) is 10.7. The number of aromatic nitrogens is 2. The molecule has 1 atom stereocenters. The van der Waals surface area contributed by atoms with Gasteiger partial charge in [0.25, 0.3) is 0 Å². The van der Waals surface area contributed by atoms with Crippen LogP contribution in [-0.4, -0.2) is 22.6 Å². The van der Waals surface area contributed by atoms with Gasteiger partial charge in [0.05, 0.1) is 11.6 Å². The van der Waals surface area contributed by atoms with Gasteiger partial charge in [-0.1, -0.05) is 29.8 Å². The van der Waals surface area contributed by atoms with Crippen molar-refractivity contribution in [3.63, 3.8) is 0 Å². The van der Waals surface area contributed by atoms with Crippen molar-refractivity contribution in [1.29, 1.82) is 0 Å². The number of hydrogen-bond acceptors (Lipinski definition) is 4. The number of halogens is 1. The Morgan fingerprint density at radius 1 is 1.14 bits per heavy atom. The first-order valence-electron chi connectivity index (χ1n) is 7.07. The van der Waals surface area contributed by atoms with E-state index < -0.39 is 0 Å². The molecule has 3 rings (SSSR count). The zero-order valence-electron chi connectivity index (χ0n) is 12.2. The summed E-state index contributed by atoms with van der Waals surface area (Å²) in [5.41, 5.74) is 0.919. The van der Waals surface area contributed by atoms with Crippen LogP contribution in [0.4, 0.5) is 5.82 Å². The molecular weight excluding hydrogens is 298 g/mol. The smallest absolute Gasteiger partial charge is 0.137 e. The summed E-state index contributed by atoms with van der Waals surface area (Å²) in [6, 6.07) is 15.4. The predicted molar refractivity (Wildman–Crippen MR) is 89.6 cm³/mol. The average molecular weight is 314 g/mol. The number of hydrogen-bond donors (Lipinski definition) is 1. The molecular formula is C17H16ClN3O. The van der Waals surface area contributed by atoms with Gasteiger partial charge in [-0.15, -0.1) is 0 Å². The summed E-state index contributed by atoms with van der Waals surface area (Å²) in [4.78, 5) is 8.57. The Labute approximate surface area is 134 Å². The molecule has 5 heteroatoms. The SMILES string of the molecule is CC(COc1cccc(Cl)c1)Nc1ncnc2ccccc12. The van der Waals surface area contributed by atoms with Crippen molar-refractivity contribution >= 4 is 28.3 Å². The molecule has 0 aliphatic heterocycles. The largest absolute Gasteiger partial charge is 0.491 e. The maximum absolute atomic E-state index is 5.94. The summed E-state index contributed by atoms with van der Waals surface area (Å²) in [6.45, 7) is 2.56. The van der Waals surface area contributed by atoms with Crippen LogP contribution in [-0.2, 0) is 0 Å². The number of rotatable bonds is 5. The summed E-state index contributed by atoms with van der Waals surface area (Å²) in [5, 5.41) is 5.03. The van der Waals surface area contributed by atoms with Gasteiger partial charge < -0.3 is 10.1 Å². The van der Waals surface area contributed by atoms with Crippen molar-refractivity contribution in [2.75, 3.05) is 11.9 Å². The fraction of sp³-hybridized carbons (Fsp3) is 0.176. The van der Waals surface area contributed by atoms with Crippen LogP contribution in [0.15, 0.2) is 54.9 Å². The lowest BCUT2D eigenvalue weighted by atomic mass is 10.2. The number of ether oxygens (including phenoxy) is 1. The zero-order chi connectivity index (χ0) is 15.4. The Hall–Kier alpha value is -2.33. The molecule has 0 aliphatic rings. The molecule has 1 N–H and O–H groups in total. The summed E-state index contributed by atoms with van der Waals surface area (Å²) < 4.78 is 5.74. The Bertz CT molecular complexity index is 773. The number of fused-ring (bicyclic) bond motifs is 1.